The first-order chi connectivity index (χ1) is 18.6. The molecule has 0 bridgehead atoms. The average molecular weight is 564 g/mol. The molecule has 40 heavy (non-hydrogen) atoms. The number of hydrogen-bond donors (Lipinski definition) is 1. The highest BCUT2D eigenvalue weighted by Gasteiger charge is 2.67. The van der Waals surface area contributed by atoms with Gasteiger partial charge in [-0.1, -0.05) is 0 Å². The maximum atomic E-state index is 15.9. The first-order valence-corrected chi connectivity index (χ1v) is 12.7. The van der Waals surface area contributed by atoms with E-state index in [0.717, 1.165) is 23.2 Å². The molecule has 1 aliphatic carbocycles. The van der Waals surface area contributed by atoms with Crippen molar-refractivity contribution in [3.05, 3.63) is 53.4 Å². The molecule has 2 aromatic rings. The molecule has 9 nitrogen and oxygen atoms in total. The van der Waals surface area contributed by atoms with E-state index in [-0.39, 0.29) is 28.7 Å². The van der Waals surface area contributed by atoms with Crippen molar-refractivity contribution < 1.29 is 42.1 Å². The van der Waals surface area contributed by atoms with E-state index >= 15 is 8.78 Å². The van der Waals surface area contributed by atoms with E-state index in [1.165, 1.54) is 12.3 Å². The van der Waals surface area contributed by atoms with Crippen LogP contribution in [0.25, 0.3) is 11.1 Å². The summed E-state index contributed by atoms with van der Waals surface area (Å²) in [6.45, 7) is 7.68. The zero-order valence-corrected chi connectivity index (χ0v) is 23.1. The fourth-order valence-electron chi connectivity index (χ4n) is 4.77. The third-order valence-electron chi connectivity index (χ3n) is 6.40. The predicted octanol–water partition coefficient (Wildman–Crippen LogP) is 5.63. The first kappa shape index (κ1) is 29.3. The number of carbonyl (C=O) groups is 2. The maximum Gasteiger partial charge on any atom is 0.438 e. The molecule has 2 amide bonds. The Morgan fingerprint density at radius 2 is 1.80 bits per heavy atom. The number of fused-ring (bicyclic) bond motifs is 1. The molecule has 1 aliphatic heterocycles. The Bertz CT molecular complexity index is 1350. The second-order valence-corrected chi connectivity index (χ2v) is 11.8. The van der Waals surface area contributed by atoms with Crippen LogP contribution < -0.4 is 0 Å². The Balaban J connectivity index is 1.95. The molecule has 1 aromatic heterocycles. The van der Waals surface area contributed by atoms with Crippen molar-refractivity contribution in [3.63, 3.8) is 0 Å². The van der Waals surface area contributed by atoms with Crippen molar-refractivity contribution in [1.29, 1.82) is 0 Å². The number of pyridine rings is 1. The van der Waals surface area contributed by atoms with Crippen LogP contribution >= 0.6 is 0 Å². The van der Waals surface area contributed by atoms with E-state index in [0.29, 0.717) is 0 Å². The number of aliphatic hydroxyl groups excluding tert-OH is 1. The minimum Gasteiger partial charge on any atom is -0.461 e. The van der Waals surface area contributed by atoms with Gasteiger partial charge >= 0.3 is 18.2 Å². The molecule has 1 N–H and O–H groups in total. The number of ether oxygens (including phenoxy) is 3. The minimum absolute atomic E-state index is 0.0912. The molecule has 2 heterocycles. The lowest BCUT2D eigenvalue weighted by Crippen LogP contribution is -2.61. The highest BCUT2D eigenvalue weighted by Crippen LogP contribution is 2.56. The van der Waals surface area contributed by atoms with Crippen LogP contribution in [0.3, 0.4) is 0 Å². The lowest BCUT2D eigenvalue weighted by molar-refractivity contribution is -0.0218. The average Bonchev–Trinajstić information content (AvgIpc) is 3.60. The molecule has 3 atom stereocenters. The molecule has 0 spiro atoms. The smallest absolute Gasteiger partial charge is 0.438 e. The van der Waals surface area contributed by atoms with Crippen LogP contribution in [-0.2, 0) is 26.4 Å². The van der Waals surface area contributed by atoms with E-state index in [2.05, 4.69) is 9.98 Å². The summed E-state index contributed by atoms with van der Waals surface area (Å²) in [4.78, 5) is 34.7. The third-order valence-corrected chi connectivity index (χ3v) is 6.40. The van der Waals surface area contributed by atoms with Gasteiger partial charge in [0.05, 0.1) is 12.8 Å². The minimum atomic E-state index is -2.06. The monoisotopic (exact) mass is 563 g/mol. The summed E-state index contributed by atoms with van der Waals surface area (Å²) in [6.07, 6.45) is -0.414. The standard InChI is InChI=1S/C28H32F3N3O6/c1-26(2,3)39-24(36)33-23-34(25(37)40-27(4,5)6)28(14-29,20-10-22(20)38-23)19-9-18(16(13-35)8-21(19)31)15-7-17(30)12-32-11-15/h7-9,11-12,20,22,35H,10,13-14H2,1-6H3/b33-23-/t20?,22?,28-/m1/s1. The fraction of sp³-hybridized carbons (Fsp3) is 0.500. The number of benzene rings is 1. The van der Waals surface area contributed by atoms with Gasteiger partial charge in [0.25, 0.3) is 0 Å². The van der Waals surface area contributed by atoms with Gasteiger partial charge in [0.15, 0.2) is 0 Å². The van der Waals surface area contributed by atoms with Crippen LogP contribution in [0.15, 0.2) is 35.6 Å². The molecular formula is C28H32F3N3O6. The molecule has 2 aliphatic rings. The van der Waals surface area contributed by atoms with E-state index in [4.69, 9.17) is 14.2 Å². The molecule has 0 radical (unpaired) electrons. The largest absolute Gasteiger partial charge is 0.461 e. The van der Waals surface area contributed by atoms with Crippen LogP contribution in [0.1, 0.15) is 59.1 Å². The van der Waals surface area contributed by atoms with Gasteiger partial charge in [0, 0.05) is 23.2 Å². The molecule has 1 saturated carbocycles. The van der Waals surface area contributed by atoms with Crippen molar-refractivity contribution in [2.45, 2.75) is 77.4 Å². The Hall–Kier alpha value is -3.67. The van der Waals surface area contributed by atoms with Crippen LogP contribution in [0.4, 0.5) is 22.8 Å². The van der Waals surface area contributed by atoms with Crippen molar-refractivity contribution >= 4 is 18.2 Å². The normalized spacial score (nSPS) is 23.4. The summed E-state index contributed by atoms with van der Waals surface area (Å²) in [6, 6.07) is 2.79. The number of nitrogens with zero attached hydrogens (tertiary/aromatic N) is 3. The number of aliphatic hydroxyl groups is 1. The van der Waals surface area contributed by atoms with Gasteiger partial charge < -0.3 is 19.3 Å². The highest BCUT2D eigenvalue weighted by molar-refractivity contribution is 5.98. The van der Waals surface area contributed by atoms with E-state index < -0.39 is 71.9 Å². The fourth-order valence-corrected chi connectivity index (χ4v) is 4.77. The quantitative estimate of drug-likeness (QED) is 0.513. The summed E-state index contributed by atoms with van der Waals surface area (Å²) in [5, 5.41) is 9.93. The number of halogens is 3. The molecule has 216 valence electrons. The number of aromatic nitrogens is 1. The second-order valence-electron chi connectivity index (χ2n) is 11.8. The Labute approximate surface area is 230 Å². The molecule has 1 saturated heterocycles. The highest BCUT2D eigenvalue weighted by atomic mass is 19.1. The SMILES string of the molecule is CC(C)(C)OC(=O)/N=C1\OC2CC2[C@@](CF)(c2cc(-c3cncc(F)c3)c(CO)cc2F)N1C(=O)OC(C)(C)C. The number of hydrogen-bond acceptors (Lipinski definition) is 7. The lowest BCUT2D eigenvalue weighted by Gasteiger charge is -2.45. The number of amides is 2. The molecular weight excluding hydrogens is 531 g/mol. The Morgan fingerprint density at radius 3 is 2.38 bits per heavy atom. The van der Waals surface area contributed by atoms with Crippen LogP contribution in [-0.4, -0.2) is 57.2 Å². The van der Waals surface area contributed by atoms with Crippen LogP contribution in [0.5, 0.6) is 0 Å². The zero-order chi connectivity index (χ0) is 29.6. The van der Waals surface area contributed by atoms with Gasteiger partial charge in [0.1, 0.15) is 41.2 Å². The van der Waals surface area contributed by atoms with E-state index in [9.17, 15) is 19.1 Å². The van der Waals surface area contributed by atoms with Crippen molar-refractivity contribution in [2.75, 3.05) is 6.67 Å². The van der Waals surface area contributed by atoms with Crippen molar-refractivity contribution in [2.24, 2.45) is 10.9 Å². The maximum absolute atomic E-state index is 15.9. The number of rotatable bonds is 4. The number of alkyl halides is 1. The first-order valence-electron chi connectivity index (χ1n) is 12.7. The molecule has 1 aromatic carbocycles. The Kier molecular flexibility index (Phi) is 7.61. The van der Waals surface area contributed by atoms with Gasteiger partial charge in [-0.15, -0.1) is 4.99 Å². The topological polar surface area (TPSA) is 111 Å². The summed E-state index contributed by atoms with van der Waals surface area (Å²) < 4.78 is 62.0. The molecule has 12 heteroatoms. The summed E-state index contributed by atoms with van der Waals surface area (Å²) in [7, 11) is 0. The number of amidine groups is 1. The van der Waals surface area contributed by atoms with Crippen molar-refractivity contribution in [1.82, 2.24) is 9.88 Å². The van der Waals surface area contributed by atoms with Crippen LogP contribution in [0, 0.1) is 17.6 Å². The van der Waals surface area contributed by atoms with Gasteiger partial charge in [-0.25, -0.2) is 27.7 Å². The molecule has 2 fully saturated rings. The van der Waals surface area contributed by atoms with Gasteiger partial charge in [-0.05, 0) is 77.3 Å². The number of carbonyl (C=O) groups excluding carboxylic acids is 2. The van der Waals surface area contributed by atoms with Gasteiger partial charge in [-0.3, -0.25) is 4.98 Å². The van der Waals surface area contributed by atoms with Crippen molar-refractivity contribution in [3.8, 4) is 11.1 Å². The lowest BCUT2D eigenvalue weighted by atomic mass is 9.81. The predicted molar refractivity (Wildman–Crippen MR) is 138 cm³/mol. The van der Waals surface area contributed by atoms with Crippen LogP contribution in [0.2, 0.25) is 0 Å². The van der Waals surface area contributed by atoms with E-state index in [1.54, 1.807) is 41.5 Å². The summed E-state index contributed by atoms with van der Waals surface area (Å²) >= 11 is 0. The third kappa shape index (κ3) is 5.77. The zero-order valence-electron chi connectivity index (χ0n) is 23.1. The summed E-state index contributed by atoms with van der Waals surface area (Å²) in [5.74, 6) is -2.36. The Morgan fingerprint density at radius 1 is 1.12 bits per heavy atom. The molecule has 4 rings (SSSR count). The van der Waals surface area contributed by atoms with Gasteiger partial charge in [-0.2, -0.15) is 0 Å². The van der Waals surface area contributed by atoms with E-state index in [1.807, 2.05) is 0 Å². The second kappa shape index (κ2) is 10.4. The molecule has 2 unspecified atom stereocenters. The van der Waals surface area contributed by atoms with Gasteiger partial charge in [0.2, 0.25) is 0 Å². The number of aliphatic imine (C=N–C) groups is 1. The summed E-state index contributed by atoms with van der Waals surface area (Å²) in [5.41, 5.74) is -3.87.